The van der Waals surface area contributed by atoms with Crippen molar-refractivity contribution in [2.45, 2.75) is 32.8 Å². The summed E-state index contributed by atoms with van der Waals surface area (Å²) < 4.78 is 11.6. The fourth-order valence-electron chi connectivity index (χ4n) is 3.30. The van der Waals surface area contributed by atoms with E-state index in [-0.39, 0.29) is 24.4 Å². The SMILES string of the molecule is COC(=O)c1c(NCCC(=O)c2ccccc2)c2ccc(Cl)cc2n1C(=O)OC(C)(C)C. The number of carbonyl (C=O) groups excluding carboxylic acids is 3. The molecule has 3 aromatic rings. The monoisotopic (exact) mass is 456 g/mol. The molecule has 0 spiro atoms. The Bertz CT molecular complexity index is 1160. The van der Waals surface area contributed by atoms with Gasteiger partial charge in [0.05, 0.1) is 18.3 Å². The van der Waals surface area contributed by atoms with Crippen LogP contribution in [0, 0.1) is 0 Å². The number of rotatable bonds is 6. The van der Waals surface area contributed by atoms with Crippen molar-refractivity contribution in [3.05, 3.63) is 64.8 Å². The van der Waals surface area contributed by atoms with Crippen molar-refractivity contribution in [2.75, 3.05) is 19.0 Å². The molecule has 2 aromatic carbocycles. The molecule has 1 heterocycles. The Morgan fingerprint density at radius 2 is 1.75 bits per heavy atom. The standard InChI is InChI=1S/C24H25ClN2O5/c1-24(2,3)32-23(30)27-18-14-16(25)10-11-17(18)20(21(27)22(29)31-4)26-13-12-19(28)15-8-6-5-7-9-15/h5-11,14,26H,12-13H2,1-4H3. The van der Waals surface area contributed by atoms with Crippen molar-refractivity contribution in [3.63, 3.8) is 0 Å². The topological polar surface area (TPSA) is 86.6 Å². The molecular formula is C24H25ClN2O5. The van der Waals surface area contributed by atoms with E-state index >= 15 is 0 Å². The lowest BCUT2D eigenvalue weighted by atomic mass is 10.1. The molecular weight excluding hydrogens is 432 g/mol. The lowest BCUT2D eigenvalue weighted by Gasteiger charge is -2.20. The van der Waals surface area contributed by atoms with Gasteiger partial charge in [0.15, 0.2) is 11.5 Å². The third-order valence-electron chi connectivity index (χ3n) is 4.63. The summed E-state index contributed by atoms with van der Waals surface area (Å²) in [5, 5.41) is 4.10. The molecule has 32 heavy (non-hydrogen) atoms. The minimum Gasteiger partial charge on any atom is -0.464 e. The number of hydrogen-bond donors (Lipinski definition) is 1. The third-order valence-corrected chi connectivity index (χ3v) is 4.87. The lowest BCUT2D eigenvalue weighted by Crippen LogP contribution is -2.29. The number of methoxy groups -OCH3 is 1. The summed E-state index contributed by atoms with van der Waals surface area (Å²) in [6, 6.07) is 13.9. The van der Waals surface area contributed by atoms with Crippen LogP contribution < -0.4 is 5.32 Å². The number of esters is 1. The summed E-state index contributed by atoms with van der Waals surface area (Å²) in [6.45, 7) is 5.44. The highest BCUT2D eigenvalue weighted by atomic mass is 35.5. The number of ketones is 1. The molecule has 0 fully saturated rings. The van der Waals surface area contributed by atoms with Gasteiger partial charge in [0.1, 0.15) is 5.60 Å². The molecule has 0 unspecified atom stereocenters. The number of Topliss-reactive ketones (excluding diaryl/α,β-unsaturated/α-hetero) is 1. The maximum absolute atomic E-state index is 13.0. The number of carbonyl (C=O) groups is 3. The molecule has 0 radical (unpaired) electrons. The second kappa shape index (κ2) is 9.44. The Hall–Kier alpha value is -3.32. The van der Waals surface area contributed by atoms with Crippen molar-refractivity contribution >= 4 is 46.0 Å². The first-order valence-electron chi connectivity index (χ1n) is 10.1. The van der Waals surface area contributed by atoms with Crippen LogP contribution in [0.25, 0.3) is 10.9 Å². The van der Waals surface area contributed by atoms with Gasteiger partial charge in [-0.2, -0.15) is 0 Å². The molecule has 1 aromatic heterocycles. The molecule has 0 aliphatic carbocycles. The van der Waals surface area contributed by atoms with Crippen molar-refractivity contribution < 1.29 is 23.9 Å². The van der Waals surface area contributed by atoms with E-state index in [4.69, 9.17) is 21.1 Å². The van der Waals surface area contributed by atoms with Crippen molar-refractivity contribution in [3.8, 4) is 0 Å². The van der Waals surface area contributed by atoms with Gasteiger partial charge in [0, 0.05) is 28.9 Å². The van der Waals surface area contributed by atoms with Gasteiger partial charge in [-0.3, -0.25) is 4.79 Å². The summed E-state index contributed by atoms with van der Waals surface area (Å²) >= 11 is 6.17. The zero-order chi connectivity index (χ0) is 23.5. The minimum absolute atomic E-state index is 0.0221. The zero-order valence-electron chi connectivity index (χ0n) is 18.4. The first-order valence-corrected chi connectivity index (χ1v) is 10.5. The van der Waals surface area contributed by atoms with E-state index in [0.717, 1.165) is 4.57 Å². The van der Waals surface area contributed by atoms with Crippen LogP contribution in [0.15, 0.2) is 48.5 Å². The summed E-state index contributed by atoms with van der Waals surface area (Å²) in [5.41, 5.74) is 0.561. The first-order chi connectivity index (χ1) is 15.1. The Balaban J connectivity index is 2.02. The molecule has 168 valence electrons. The highest BCUT2D eigenvalue weighted by Gasteiger charge is 2.30. The van der Waals surface area contributed by atoms with E-state index in [1.54, 1.807) is 63.2 Å². The number of halogens is 1. The van der Waals surface area contributed by atoms with Crippen LogP contribution in [-0.2, 0) is 9.47 Å². The molecule has 0 saturated carbocycles. The normalized spacial score (nSPS) is 11.3. The highest BCUT2D eigenvalue weighted by molar-refractivity contribution is 6.31. The van der Waals surface area contributed by atoms with Gasteiger partial charge >= 0.3 is 12.1 Å². The molecule has 0 aliphatic heterocycles. The fraction of sp³-hybridized carbons (Fsp3) is 0.292. The molecule has 0 bridgehead atoms. The number of benzene rings is 2. The second-order valence-corrected chi connectivity index (χ2v) is 8.59. The first kappa shape index (κ1) is 23.3. The molecule has 1 N–H and O–H groups in total. The molecule has 0 amide bonds. The van der Waals surface area contributed by atoms with E-state index in [0.29, 0.717) is 27.2 Å². The highest BCUT2D eigenvalue weighted by Crippen LogP contribution is 2.34. The number of anilines is 1. The maximum atomic E-state index is 13.0. The number of fused-ring (bicyclic) bond motifs is 1. The largest absolute Gasteiger partial charge is 0.464 e. The molecule has 0 aliphatic rings. The number of nitrogens with one attached hydrogen (secondary N) is 1. The number of ether oxygens (including phenoxy) is 2. The molecule has 8 heteroatoms. The van der Waals surface area contributed by atoms with Gasteiger partial charge < -0.3 is 14.8 Å². The number of aromatic nitrogens is 1. The Morgan fingerprint density at radius 3 is 2.38 bits per heavy atom. The quantitative estimate of drug-likeness (QED) is 0.386. The zero-order valence-corrected chi connectivity index (χ0v) is 19.2. The van der Waals surface area contributed by atoms with E-state index in [2.05, 4.69) is 5.32 Å². The van der Waals surface area contributed by atoms with Crippen molar-refractivity contribution in [1.82, 2.24) is 4.57 Å². The van der Waals surface area contributed by atoms with Gasteiger partial charge in [-0.1, -0.05) is 41.9 Å². The number of nitrogens with zero attached hydrogens (tertiary/aromatic N) is 1. The predicted molar refractivity (Wildman–Crippen MR) is 124 cm³/mol. The lowest BCUT2D eigenvalue weighted by molar-refractivity contribution is 0.0490. The van der Waals surface area contributed by atoms with Gasteiger partial charge in [-0.05, 0) is 39.0 Å². The third kappa shape index (κ3) is 5.11. The van der Waals surface area contributed by atoms with Crippen LogP contribution in [0.2, 0.25) is 5.02 Å². The van der Waals surface area contributed by atoms with E-state index < -0.39 is 17.7 Å². The van der Waals surface area contributed by atoms with Crippen molar-refractivity contribution in [2.24, 2.45) is 0 Å². The second-order valence-electron chi connectivity index (χ2n) is 8.16. The van der Waals surface area contributed by atoms with Gasteiger partial charge in [0.25, 0.3) is 0 Å². The van der Waals surface area contributed by atoms with Crippen molar-refractivity contribution in [1.29, 1.82) is 0 Å². The van der Waals surface area contributed by atoms with Gasteiger partial charge in [-0.15, -0.1) is 0 Å². The molecule has 3 rings (SSSR count). The van der Waals surface area contributed by atoms with E-state index in [9.17, 15) is 14.4 Å². The van der Waals surface area contributed by atoms with Gasteiger partial charge in [0.2, 0.25) is 0 Å². The smallest absolute Gasteiger partial charge is 0.419 e. The van der Waals surface area contributed by atoms with Crippen LogP contribution in [0.3, 0.4) is 0 Å². The van der Waals surface area contributed by atoms with E-state index in [1.807, 2.05) is 6.07 Å². The minimum atomic E-state index is -0.782. The average Bonchev–Trinajstić information content (AvgIpc) is 3.06. The molecule has 7 nitrogen and oxygen atoms in total. The number of hydrogen-bond acceptors (Lipinski definition) is 6. The predicted octanol–water partition coefficient (Wildman–Crippen LogP) is 5.55. The summed E-state index contributed by atoms with van der Waals surface area (Å²) in [5.74, 6) is -0.767. The van der Waals surface area contributed by atoms with Gasteiger partial charge in [-0.25, -0.2) is 14.2 Å². The Labute approximate surface area is 191 Å². The van der Waals surface area contributed by atoms with E-state index in [1.165, 1.54) is 7.11 Å². The van der Waals surface area contributed by atoms with Crippen LogP contribution in [-0.4, -0.2) is 41.7 Å². The summed E-state index contributed by atoms with van der Waals surface area (Å²) in [4.78, 5) is 38.2. The summed E-state index contributed by atoms with van der Waals surface area (Å²) in [6.07, 6.45) is -0.546. The summed E-state index contributed by atoms with van der Waals surface area (Å²) in [7, 11) is 1.23. The van der Waals surface area contributed by atoms with Crippen LogP contribution in [0.5, 0.6) is 0 Å². The maximum Gasteiger partial charge on any atom is 0.419 e. The molecule has 0 saturated heterocycles. The Morgan fingerprint density at radius 1 is 1.06 bits per heavy atom. The van der Waals surface area contributed by atoms with Crippen LogP contribution in [0.4, 0.5) is 10.5 Å². The fourth-order valence-corrected chi connectivity index (χ4v) is 3.46. The van der Waals surface area contributed by atoms with Crippen LogP contribution in [0.1, 0.15) is 48.0 Å². The molecule has 0 atom stereocenters. The average molecular weight is 457 g/mol. The van der Waals surface area contributed by atoms with Crippen LogP contribution >= 0.6 is 11.6 Å². The Kier molecular flexibility index (Phi) is 6.89.